The highest BCUT2D eigenvalue weighted by atomic mass is 19.1. The minimum absolute atomic E-state index is 0.0267. The first-order chi connectivity index (χ1) is 16.9. The van der Waals surface area contributed by atoms with E-state index in [1.807, 2.05) is 18.2 Å². The molecule has 35 heavy (non-hydrogen) atoms. The van der Waals surface area contributed by atoms with E-state index >= 15 is 0 Å². The monoisotopic (exact) mass is 478 g/mol. The molecule has 0 N–H and O–H groups in total. The maximum atomic E-state index is 14.2. The fraction of sp³-hybridized carbons (Fsp3) is 0.185. The van der Waals surface area contributed by atoms with Crippen LogP contribution in [0.3, 0.4) is 0 Å². The van der Waals surface area contributed by atoms with E-state index < -0.39 is 11.6 Å². The molecule has 6 nitrogen and oxygen atoms in total. The zero-order valence-corrected chi connectivity index (χ0v) is 19.8. The molecule has 0 aliphatic rings. The summed E-state index contributed by atoms with van der Waals surface area (Å²) in [5, 5.41) is 0.653. The number of nitrogens with zero attached hydrogens (tertiary/aromatic N) is 2. The molecule has 0 unspecified atom stereocenters. The van der Waals surface area contributed by atoms with Gasteiger partial charge in [-0.1, -0.05) is 24.3 Å². The van der Waals surface area contributed by atoms with Crippen molar-refractivity contribution in [1.29, 1.82) is 0 Å². The van der Waals surface area contributed by atoms with Crippen LogP contribution in [-0.4, -0.2) is 44.2 Å². The topological polar surface area (TPSA) is 60.9 Å². The van der Waals surface area contributed by atoms with Crippen LogP contribution >= 0.6 is 0 Å². The second-order valence-corrected chi connectivity index (χ2v) is 7.88. The number of rotatable bonds is 7. The molecule has 0 saturated carbocycles. The Morgan fingerprint density at radius 1 is 0.914 bits per heavy atom. The van der Waals surface area contributed by atoms with E-state index in [4.69, 9.17) is 19.2 Å². The molecule has 0 aliphatic heterocycles. The molecule has 0 saturated heterocycles. The molecule has 1 heterocycles. The van der Waals surface area contributed by atoms with Crippen LogP contribution in [0.2, 0.25) is 0 Å². The first-order valence-corrected chi connectivity index (χ1v) is 10.8. The van der Waals surface area contributed by atoms with Gasteiger partial charge in [0.05, 0.1) is 38.1 Å². The van der Waals surface area contributed by atoms with Gasteiger partial charge < -0.3 is 19.1 Å². The number of amides is 1. The van der Waals surface area contributed by atoms with Gasteiger partial charge in [0.15, 0.2) is 11.5 Å². The summed E-state index contributed by atoms with van der Waals surface area (Å²) in [5.41, 5.74) is 2.40. The van der Waals surface area contributed by atoms with Crippen molar-refractivity contribution in [1.82, 2.24) is 9.88 Å². The lowest BCUT2D eigenvalue weighted by molar-refractivity contribution is 0.0785. The summed E-state index contributed by atoms with van der Waals surface area (Å²) in [6.45, 7) is -0.0267. The predicted octanol–water partition coefficient (Wildman–Crippen LogP) is 5.48. The molecule has 3 aromatic carbocycles. The predicted molar refractivity (Wildman–Crippen MR) is 129 cm³/mol. The number of carbonyl (C=O) groups is 1. The number of hydrogen-bond acceptors (Lipinski definition) is 5. The first-order valence-electron chi connectivity index (χ1n) is 10.8. The van der Waals surface area contributed by atoms with Crippen LogP contribution in [0.1, 0.15) is 15.9 Å². The Bertz CT molecular complexity index is 1380. The molecule has 0 fully saturated rings. The van der Waals surface area contributed by atoms with Gasteiger partial charge in [-0.3, -0.25) is 4.79 Å². The maximum absolute atomic E-state index is 14.2. The van der Waals surface area contributed by atoms with Gasteiger partial charge in [-0.25, -0.2) is 13.8 Å². The van der Waals surface area contributed by atoms with Gasteiger partial charge in [-0.15, -0.1) is 0 Å². The number of para-hydroxylation sites is 1. The zero-order chi connectivity index (χ0) is 25.1. The maximum Gasteiger partial charge on any atom is 0.254 e. The van der Waals surface area contributed by atoms with Gasteiger partial charge in [0.1, 0.15) is 11.6 Å². The number of methoxy groups -OCH3 is 3. The molecule has 4 rings (SSSR count). The van der Waals surface area contributed by atoms with Gasteiger partial charge in [0, 0.05) is 36.2 Å². The third kappa shape index (κ3) is 4.73. The van der Waals surface area contributed by atoms with Crippen molar-refractivity contribution in [2.45, 2.75) is 6.54 Å². The summed E-state index contributed by atoms with van der Waals surface area (Å²) in [6.07, 6.45) is 0. The van der Waals surface area contributed by atoms with Crippen LogP contribution in [0.5, 0.6) is 17.2 Å². The van der Waals surface area contributed by atoms with Crippen LogP contribution in [0.4, 0.5) is 8.78 Å². The van der Waals surface area contributed by atoms with Crippen molar-refractivity contribution in [2.24, 2.45) is 0 Å². The van der Waals surface area contributed by atoms with Crippen LogP contribution in [-0.2, 0) is 6.54 Å². The molecule has 0 atom stereocenters. The molecule has 8 heteroatoms. The van der Waals surface area contributed by atoms with Gasteiger partial charge >= 0.3 is 0 Å². The number of benzene rings is 3. The lowest BCUT2D eigenvalue weighted by Gasteiger charge is -2.20. The number of hydrogen-bond donors (Lipinski definition) is 0. The molecular formula is C27H24F2N2O4. The van der Waals surface area contributed by atoms with Gasteiger partial charge in [-0.05, 0) is 30.3 Å². The SMILES string of the molecule is COc1cc(-c2cc(C(=O)N(C)Cc3ccc(F)cc3F)c3ccccc3n2)cc(OC)c1OC. The molecule has 1 amide bonds. The standard InChI is InChI=1S/C27H24F2N2O4/c1-31(15-16-9-10-18(28)13-21(16)29)27(32)20-14-23(30-22-8-6-5-7-19(20)22)17-11-24(33-2)26(35-4)25(12-17)34-3/h5-14H,15H2,1-4H3. The first kappa shape index (κ1) is 23.9. The summed E-state index contributed by atoms with van der Waals surface area (Å²) in [5.74, 6) is -0.363. The summed E-state index contributed by atoms with van der Waals surface area (Å²) >= 11 is 0. The lowest BCUT2D eigenvalue weighted by atomic mass is 10.0. The Balaban J connectivity index is 1.80. The Morgan fingerprint density at radius 2 is 1.60 bits per heavy atom. The van der Waals surface area contributed by atoms with Crippen molar-refractivity contribution < 1.29 is 27.8 Å². The van der Waals surface area contributed by atoms with E-state index in [1.165, 1.54) is 38.4 Å². The highest BCUT2D eigenvalue weighted by Crippen LogP contribution is 2.41. The minimum Gasteiger partial charge on any atom is -0.493 e. The fourth-order valence-corrected chi connectivity index (χ4v) is 3.91. The van der Waals surface area contributed by atoms with Gasteiger partial charge in [0.2, 0.25) is 5.75 Å². The number of fused-ring (bicyclic) bond motifs is 1. The van der Waals surface area contributed by atoms with E-state index in [2.05, 4.69) is 0 Å². The minimum atomic E-state index is -0.706. The number of aromatic nitrogens is 1. The van der Waals surface area contributed by atoms with Crippen molar-refractivity contribution in [3.8, 4) is 28.5 Å². The van der Waals surface area contributed by atoms with Crippen molar-refractivity contribution in [2.75, 3.05) is 28.4 Å². The quantitative estimate of drug-likeness (QED) is 0.352. The van der Waals surface area contributed by atoms with Crippen LogP contribution in [0, 0.1) is 11.6 Å². The van der Waals surface area contributed by atoms with Crippen molar-refractivity contribution >= 4 is 16.8 Å². The normalized spacial score (nSPS) is 10.8. The van der Waals surface area contributed by atoms with Crippen LogP contribution < -0.4 is 14.2 Å². The summed E-state index contributed by atoms with van der Waals surface area (Å²) in [6, 6.07) is 15.8. The van der Waals surface area contributed by atoms with E-state index in [0.29, 0.717) is 45.0 Å². The number of pyridine rings is 1. The zero-order valence-electron chi connectivity index (χ0n) is 19.8. The highest BCUT2D eigenvalue weighted by Gasteiger charge is 2.21. The smallest absolute Gasteiger partial charge is 0.254 e. The molecule has 0 aliphatic carbocycles. The summed E-state index contributed by atoms with van der Waals surface area (Å²) in [4.78, 5) is 19.6. The second kappa shape index (κ2) is 9.97. The number of halogens is 2. The Kier molecular flexibility index (Phi) is 6.82. The molecule has 4 aromatic rings. The van der Waals surface area contributed by atoms with Crippen LogP contribution in [0.25, 0.3) is 22.2 Å². The number of carbonyl (C=O) groups excluding carboxylic acids is 1. The van der Waals surface area contributed by atoms with Crippen LogP contribution in [0.15, 0.2) is 60.7 Å². The fourth-order valence-electron chi connectivity index (χ4n) is 3.91. The Hall–Kier alpha value is -4.20. The Morgan fingerprint density at radius 3 is 2.23 bits per heavy atom. The second-order valence-electron chi connectivity index (χ2n) is 7.88. The lowest BCUT2D eigenvalue weighted by Crippen LogP contribution is -2.27. The molecule has 0 radical (unpaired) electrons. The molecule has 180 valence electrons. The Labute approximate surface area is 201 Å². The molecule has 1 aromatic heterocycles. The molecule has 0 spiro atoms. The summed E-state index contributed by atoms with van der Waals surface area (Å²) in [7, 11) is 6.13. The average Bonchev–Trinajstić information content (AvgIpc) is 2.88. The molecule has 0 bridgehead atoms. The summed E-state index contributed by atoms with van der Waals surface area (Å²) < 4.78 is 43.8. The average molecular weight is 478 g/mol. The van der Waals surface area contributed by atoms with Crippen molar-refractivity contribution in [3.05, 3.63) is 83.4 Å². The van der Waals surface area contributed by atoms with E-state index in [-0.39, 0.29) is 18.0 Å². The van der Waals surface area contributed by atoms with E-state index in [9.17, 15) is 13.6 Å². The van der Waals surface area contributed by atoms with E-state index in [0.717, 1.165) is 6.07 Å². The van der Waals surface area contributed by atoms with Crippen molar-refractivity contribution in [3.63, 3.8) is 0 Å². The third-order valence-corrected chi connectivity index (χ3v) is 5.68. The van der Waals surface area contributed by atoms with Gasteiger partial charge in [0.25, 0.3) is 5.91 Å². The van der Waals surface area contributed by atoms with Gasteiger partial charge in [-0.2, -0.15) is 0 Å². The number of ether oxygens (including phenoxy) is 3. The third-order valence-electron chi connectivity index (χ3n) is 5.68. The highest BCUT2D eigenvalue weighted by molar-refractivity contribution is 6.07. The largest absolute Gasteiger partial charge is 0.493 e. The molecular weight excluding hydrogens is 454 g/mol. The van der Waals surface area contributed by atoms with E-state index in [1.54, 1.807) is 31.3 Å².